The molecule has 0 atom stereocenters. The van der Waals surface area contributed by atoms with E-state index in [0.29, 0.717) is 0 Å². The molecule has 0 heterocycles. The van der Waals surface area contributed by atoms with Crippen LogP contribution in [-0.2, 0) is 14.8 Å². The van der Waals surface area contributed by atoms with E-state index in [-0.39, 0.29) is 27.4 Å². The van der Waals surface area contributed by atoms with Crippen molar-refractivity contribution in [1.29, 1.82) is 5.26 Å². The zero-order chi connectivity index (χ0) is 19.3. The summed E-state index contributed by atoms with van der Waals surface area (Å²) in [6, 6.07) is 12.4. The van der Waals surface area contributed by atoms with Crippen molar-refractivity contribution in [3.63, 3.8) is 0 Å². The molecule has 9 nitrogen and oxygen atoms in total. The lowest BCUT2D eigenvalue weighted by Gasteiger charge is -2.05. The third-order valence-electron chi connectivity index (χ3n) is 3.24. The zero-order valence-corrected chi connectivity index (χ0v) is 13.9. The summed E-state index contributed by atoms with van der Waals surface area (Å²) in [6.07, 6.45) is 1.10. The van der Waals surface area contributed by atoms with Crippen LogP contribution in [0.2, 0.25) is 0 Å². The molecule has 2 aromatic rings. The molecule has 132 valence electrons. The molecule has 0 aromatic heterocycles. The van der Waals surface area contributed by atoms with Gasteiger partial charge in [0, 0.05) is 11.8 Å². The lowest BCUT2D eigenvalue weighted by Crippen LogP contribution is -2.14. The molecule has 0 aliphatic carbocycles. The first-order chi connectivity index (χ1) is 12.2. The fourth-order valence-electron chi connectivity index (χ4n) is 2.01. The minimum atomic E-state index is -3.86. The van der Waals surface area contributed by atoms with Crippen LogP contribution in [0.1, 0.15) is 5.56 Å². The van der Waals surface area contributed by atoms with Gasteiger partial charge in [-0.1, -0.05) is 12.1 Å². The number of sulfonamides is 1. The number of hydrogen-bond acceptors (Lipinski definition) is 6. The van der Waals surface area contributed by atoms with Crippen LogP contribution in [0.4, 0.5) is 11.4 Å². The van der Waals surface area contributed by atoms with Gasteiger partial charge in [0.1, 0.15) is 11.6 Å². The van der Waals surface area contributed by atoms with Gasteiger partial charge in [-0.25, -0.2) is 13.6 Å². The van der Waals surface area contributed by atoms with Gasteiger partial charge < -0.3 is 5.32 Å². The minimum absolute atomic E-state index is 0.105. The fraction of sp³-hybridized carbons (Fsp3) is 0. The average molecular weight is 372 g/mol. The van der Waals surface area contributed by atoms with E-state index in [0.717, 1.165) is 6.08 Å². The predicted octanol–water partition coefficient (Wildman–Crippen LogP) is 1.79. The monoisotopic (exact) mass is 372 g/mol. The molecule has 0 radical (unpaired) electrons. The number of nitro groups is 1. The second-order valence-electron chi connectivity index (χ2n) is 5.01. The first kappa shape index (κ1) is 18.8. The normalized spacial score (nSPS) is 11.5. The number of amides is 1. The van der Waals surface area contributed by atoms with E-state index in [2.05, 4.69) is 5.32 Å². The number of rotatable bonds is 5. The number of nitriles is 1. The average Bonchev–Trinajstić information content (AvgIpc) is 2.59. The lowest BCUT2D eigenvalue weighted by molar-refractivity contribution is -0.385. The van der Waals surface area contributed by atoms with E-state index in [1.165, 1.54) is 48.5 Å². The molecule has 0 fully saturated rings. The van der Waals surface area contributed by atoms with Gasteiger partial charge in [0.15, 0.2) is 0 Å². The lowest BCUT2D eigenvalue weighted by atomic mass is 10.1. The number of benzene rings is 2. The summed E-state index contributed by atoms with van der Waals surface area (Å²) in [7, 11) is -3.86. The number of hydrogen-bond donors (Lipinski definition) is 2. The Morgan fingerprint density at radius 2 is 1.81 bits per heavy atom. The molecule has 0 aliphatic rings. The third kappa shape index (κ3) is 4.50. The third-order valence-corrected chi connectivity index (χ3v) is 4.17. The van der Waals surface area contributed by atoms with E-state index < -0.39 is 20.9 Å². The van der Waals surface area contributed by atoms with Crippen molar-refractivity contribution in [3.8, 4) is 6.07 Å². The Hall–Kier alpha value is -3.55. The summed E-state index contributed by atoms with van der Waals surface area (Å²) in [5.74, 6) is -0.797. The van der Waals surface area contributed by atoms with E-state index in [9.17, 15) is 28.6 Å². The van der Waals surface area contributed by atoms with Crippen molar-refractivity contribution in [1.82, 2.24) is 0 Å². The minimum Gasteiger partial charge on any atom is -0.321 e. The largest absolute Gasteiger partial charge is 0.321 e. The fourth-order valence-corrected chi connectivity index (χ4v) is 2.52. The Labute approximate surface area is 148 Å². The molecule has 0 aliphatic heterocycles. The van der Waals surface area contributed by atoms with E-state index >= 15 is 0 Å². The summed E-state index contributed by atoms with van der Waals surface area (Å²) < 4.78 is 22.4. The van der Waals surface area contributed by atoms with Crippen molar-refractivity contribution in [2.75, 3.05) is 5.32 Å². The highest BCUT2D eigenvalue weighted by Gasteiger charge is 2.15. The van der Waals surface area contributed by atoms with Crippen molar-refractivity contribution < 1.29 is 18.1 Å². The van der Waals surface area contributed by atoms with Gasteiger partial charge in [0.05, 0.1) is 15.4 Å². The summed E-state index contributed by atoms with van der Waals surface area (Å²) in [4.78, 5) is 22.4. The van der Waals surface area contributed by atoms with Crippen LogP contribution >= 0.6 is 0 Å². The maximum absolute atomic E-state index is 12.2. The van der Waals surface area contributed by atoms with Gasteiger partial charge in [-0.2, -0.15) is 5.26 Å². The number of primary sulfonamides is 1. The Kier molecular flexibility index (Phi) is 5.46. The molecule has 0 saturated carbocycles. The van der Waals surface area contributed by atoms with E-state index in [1.807, 2.05) is 0 Å². The van der Waals surface area contributed by atoms with Gasteiger partial charge in [-0.3, -0.25) is 14.9 Å². The van der Waals surface area contributed by atoms with Crippen LogP contribution in [0.5, 0.6) is 0 Å². The second-order valence-corrected chi connectivity index (χ2v) is 6.57. The quantitative estimate of drug-likeness (QED) is 0.352. The standard InChI is InChI=1S/C16H12N4O5S/c17-10-12(9-11-3-1-2-4-15(11)20(22)23)16(21)19-13-5-7-14(8-6-13)26(18,24)25/h1-9H,(H,19,21)(H2,18,24,25)/b12-9+. The van der Waals surface area contributed by atoms with Crippen molar-refractivity contribution in [2.24, 2.45) is 5.14 Å². The van der Waals surface area contributed by atoms with Crippen LogP contribution in [0.3, 0.4) is 0 Å². The number of carbonyl (C=O) groups excluding carboxylic acids is 1. The number of anilines is 1. The Balaban J connectivity index is 2.27. The number of para-hydroxylation sites is 1. The van der Waals surface area contributed by atoms with Gasteiger partial charge >= 0.3 is 0 Å². The molecule has 3 N–H and O–H groups in total. The van der Waals surface area contributed by atoms with Gasteiger partial charge in [0.2, 0.25) is 10.0 Å². The maximum Gasteiger partial charge on any atom is 0.276 e. The van der Waals surface area contributed by atoms with E-state index in [4.69, 9.17) is 5.14 Å². The van der Waals surface area contributed by atoms with Crippen LogP contribution in [0.15, 0.2) is 59.0 Å². The molecule has 10 heteroatoms. The molecule has 2 rings (SSSR count). The van der Waals surface area contributed by atoms with Gasteiger partial charge in [-0.05, 0) is 36.4 Å². The van der Waals surface area contributed by atoms with Gasteiger partial charge in [-0.15, -0.1) is 0 Å². The van der Waals surface area contributed by atoms with Crippen LogP contribution < -0.4 is 10.5 Å². The molecule has 26 heavy (non-hydrogen) atoms. The second kappa shape index (κ2) is 7.56. The zero-order valence-electron chi connectivity index (χ0n) is 13.1. The van der Waals surface area contributed by atoms with Crippen molar-refractivity contribution >= 4 is 33.4 Å². The predicted molar refractivity (Wildman–Crippen MR) is 93.1 cm³/mol. The summed E-state index contributed by atoms with van der Waals surface area (Å²) in [5, 5.41) is 27.6. The first-order valence-corrected chi connectivity index (χ1v) is 8.56. The maximum atomic E-state index is 12.2. The molecule has 0 spiro atoms. The first-order valence-electron chi connectivity index (χ1n) is 7.02. The number of nitrogens with zero attached hydrogens (tertiary/aromatic N) is 2. The Morgan fingerprint density at radius 1 is 1.19 bits per heavy atom. The molecular weight excluding hydrogens is 360 g/mol. The van der Waals surface area contributed by atoms with E-state index in [1.54, 1.807) is 6.07 Å². The highest BCUT2D eigenvalue weighted by atomic mass is 32.2. The van der Waals surface area contributed by atoms with Crippen LogP contribution in [-0.4, -0.2) is 19.2 Å². The summed E-state index contributed by atoms with van der Waals surface area (Å²) >= 11 is 0. The number of nitrogens with two attached hydrogens (primary N) is 1. The van der Waals surface area contributed by atoms with Crippen LogP contribution in [0, 0.1) is 21.4 Å². The summed E-state index contributed by atoms with van der Waals surface area (Å²) in [6.45, 7) is 0. The molecular formula is C16H12N4O5S. The smallest absolute Gasteiger partial charge is 0.276 e. The summed E-state index contributed by atoms with van der Waals surface area (Å²) in [5.41, 5.74) is -0.264. The number of carbonyl (C=O) groups is 1. The van der Waals surface area contributed by atoms with Crippen molar-refractivity contribution in [2.45, 2.75) is 4.90 Å². The SMILES string of the molecule is N#C/C(=C\c1ccccc1[N+](=O)[O-])C(=O)Nc1ccc(S(N)(=O)=O)cc1. The number of nitro benzene ring substituents is 1. The molecule has 2 aromatic carbocycles. The highest BCUT2D eigenvalue weighted by molar-refractivity contribution is 7.89. The highest BCUT2D eigenvalue weighted by Crippen LogP contribution is 2.21. The van der Waals surface area contributed by atoms with Crippen molar-refractivity contribution in [3.05, 3.63) is 69.8 Å². The molecule has 0 unspecified atom stereocenters. The number of nitrogens with one attached hydrogen (secondary N) is 1. The molecule has 1 amide bonds. The Morgan fingerprint density at radius 3 is 2.35 bits per heavy atom. The Bertz CT molecular complexity index is 1040. The van der Waals surface area contributed by atoms with Gasteiger partial charge in [0.25, 0.3) is 11.6 Å². The molecule has 0 saturated heterocycles. The topological polar surface area (TPSA) is 156 Å². The van der Waals surface area contributed by atoms with Crippen LogP contribution in [0.25, 0.3) is 6.08 Å². The molecule has 0 bridgehead atoms.